The van der Waals surface area contributed by atoms with Gasteiger partial charge in [0.05, 0.1) is 12.7 Å². The molecule has 0 aromatic carbocycles. The average molecular weight is 215 g/mol. The lowest BCUT2D eigenvalue weighted by molar-refractivity contribution is 0.116. The van der Waals surface area contributed by atoms with Crippen molar-refractivity contribution in [2.24, 2.45) is 5.92 Å². The quantitative estimate of drug-likeness (QED) is 0.550. The molecule has 1 radical (unpaired) electrons. The van der Waals surface area contributed by atoms with Gasteiger partial charge in [0, 0.05) is 0 Å². The Morgan fingerprint density at radius 2 is 1.60 bits per heavy atom. The third-order valence-electron chi connectivity index (χ3n) is 2.61. The van der Waals surface area contributed by atoms with E-state index in [2.05, 4.69) is 13.8 Å². The third kappa shape index (κ3) is 11.8. The molecule has 15 heavy (non-hydrogen) atoms. The van der Waals surface area contributed by atoms with E-state index in [9.17, 15) is 0 Å². The van der Waals surface area contributed by atoms with Crippen LogP contribution in [0.5, 0.6) is 0 Å². The van der Waals surface area contributed by atoms with Crippen LogP contribution in [-0.2, 0) is 0 Å². The molecule has 0 heterocycles. The molecule has 1 unspecified atom stereocenters. The Morgan fingerprint density at radius 1 is 1.00 bits per heavy atom. The van der Waals surface area contributed by atoms with E-state index >= 15 is 0 Å². The standard InChI is InChI=1S/C13H27O2/c1-12(2)9-7-5-3-4-6-8-10-13(15)11-14/h10,12-15H,3-9,11H2,1-2H3. The third-order valence-corrected chi connectivity index (χ3v) is 2.61. The SMILES string of the molecule is CC(C)CCCCCCC[CH]C(O)CO. The minimum atomic E-state index is -0.619. The van der Waals surface area contributed by atoms with Crippen molar-refractivity contribution in [1.82, 2.24) is 0 Å². The maximum absolute atomic E-state index is 9.05. The van der Waals surface area contributed by atoms with E-state index in [4.69, 9.17) is 10.2 Å². The van der Waals surface area contributed by atoms with Crippen molar-refractivity contribution in [2.45, 2.75) is 64.9 Å². The molecule has 91 valence electrons. The zero-order valence-electron chi connectivity index (χ0n) is 10.3. The summed E-state index contributed by atoms with van der Waals surface area (Å²) in [6.45, 7) is 4.39. The van der Waals surface area contributed by atoms with E-state index in [1.807, 2.05) is 0 Å². The molecule has 0 saturated carbocycles. The Bertz CT molecular complexity index is 124. The summed E-state index contributed by atoms with van der Waals surface area (Å²) >= 11 is 0. The van der Waals surface area contributed by atoms with Crippen molar-refractivity contribution in [3.05, 3.63) is 6.42 Å². The second-order valence-corrected chi connectivity index (χ2v) is 4.72. The van der Waals surface area contributed by atoms with E-state index in [1.54, 1.807) is 6.42 Å². The van der Waals surface area contributed by atoms with Gasteiger partial charge in [0.25, 0.3) is 0 Å². The van der Waals surface area contributed by atoms with Crippen LogP contribution in [0.4, 0.5) is 0 Å². The van der Waals surface area contributed by atoms with Crippen molar-refractivity contribution < 1.29 is 10.2 Å². The van der Waals surface area contributed by atoms with Gasteiger partial charge in [-0.25, -0.2) is 0 Å². The molecular weight excluding hydrogens is 188 g/mol. The van der Waals surface area contributed by atoms with E-state index in [1.165, 1.54) is 32.1 Å². The second kappa shape index (κ2) is 10.4. The Labute approximate surface area is 94.7 Å². The van der Waals surface area contributed by atoms with Crippen molar-refractivity contribution >= 4 is 0 Å². The largest absolute Gasteiger partial charge is 0.394 e. The Balaban J connectivity index is 2.99. The van der Waals surface area contributed by atoms with E-state index in [0.717, 1.165) is 18.8 Å². The van der Waals surface area contributed by atoms with Crippen LogP contribution in [0, 0.1) is 12.3 Å². The number of aliphatic hydroxyl groups is 2. The van der Waals surface area contributed by atoms with Gasteiger partial charge in [-0.05, 0) is 18.8 Å². The van der Waals surface area contributed by atoms with Crippen LogP contribution in [0.25, 0.3) is 0 Å². The molecule has 0 aliphatic heterocycles. The van der Waals surface area contributed by atoms with Crippen LogP contribution < -0.4 is 0 Å². The number of aliphatic hydroxyl groups excluding tert-OH is 2. The van der Waals surface area contributed by atoms with Gasteiger partial charge in [0.1, 0.15) is 0 Å². The van der Waals surface area contributed by atoms with Crippen LogP contribution in [0.1, 0.15) is 58.8 Å². The molecule has 0 rings (SSSR count). The zero-order chi connectivity index (χ0) is 11.5. The van der Waals surface area contributed by atoms with Crippen LogP contribution in [-0.4, -0.2) is 22.9 Å². The van der Waals surface area contributed by atoms with Crippen LogP contribution in [0.2, 0.25) is 0 Å². The van der Waals surface area contributed by atoms with Crippen LogP contribution in [0.3, 0.4) is 0 Å². The predicted octanol–water partition coefficient (Wildman–Crippen LogP) is 2.93. The van der Waals surface area contributed by atoms with E-state index < -0.39 is 6.10 Å². The van der Waals surface area contributed by atoms with Gasteiger partial charge >= 0.3 is 0 Å². The highest BCUT2D eigenvalue weighted by Gasteiger charge is 2.01. The Morgan fingerprint density at radius 3 is 2.20 bits per heavy atom. The molecule has 0 aromatic rings. The monoisotopic (exact) mass is 215 g/mol. The first kappa shape index (κ1) is 14.9. The van der Waals surface area contributed by atoms with E-state index in [-0.39, 0.29) is 6.61 Å². The maximum atomic E-state index is 9.05. The first-order valence-corrected chi connectivity index (χ1v) is 6.29. The molecule has 1 atom stereocenters. The molecule has 0 bridgehead atoms. The maximum Gasteiger partial charge on any atom is 0.0802 e. The lowest BCUT2D eigenvalue weighted by Crippen LogP contribution is -2.11. The summed E-state index contributed by atoms with van der Waals surface area (Å²) in [4.78, 5) is 0. The average Bonchev–Trinajstić information content (AvgIpc) is 2.21. The molecule has 0 aliphatic carbocycles. The van der Waals surface area contributed by atoms with Crippen molar-refractivity contribution in [1.29, 1.82) is 0 Å². The van der Waals surface area contributed by atoms with Crippen LogP contribution >= 0.6 is 0 Å². The lowest BCUT2D eigenvalue weighted by atomic mass is 10.0. The molecule has 2 nitrogen and oxygen atoms in total. The molecule has 0 aromatic heterocycles. The van der Waals surface area contributed by atoms with Gasteiger partial charge in [-0.15, -0.1) is 0 Å². The fourth-order valence-electron chi connectivity index (χ4n) is 1.61. The normalized spacial score (nSPS) is 13.4. The summed E-state index contributed by atoms with van der Waals surface area (Å²) in [5, 5.41) is 17.6. The van der Waals surface area contributed by atoms with Gasteiger partial charge in [0.2, 0.25) is 0 Å². The van der Waals surface area contributed by atoms with Crippen molar-refractivity contribution in [3.8, 4) is 0 Å². The molecular formula is C13H27O2. The summed E-state index contributed by atoms with van der Waals surface area (Å²) in [6, 6.07) is 0. The van der Waals surface area contributed by atoms with Crippen LogP contribution in [0.15, 0.2) is 0 Å². The fourth-order valence-corrected chi connectivity index (χ4v) is 1.61. The van der Waals surface area contributed by atoms with Crippen molar-refractivity contribution in [2.75, 3.05) is 6.61 Å². The number of rotatable bonds is 10. The molecule has 0 saturated heterocycles. The molecule has 0 spiro atoms. The molecule has 0 amide bonds. The fraction of sp³-hybridized carbons (Fsp3) is 0.923. The minimum Gasteiger partial charge on any atom is -0.394 e. The minimum absolute atomic E-state index is 0.144. The van der Waals surface area contributed by atoms with Gasteiger partial charge in [-0.1, -0.05) is 52.4 Å². The number of hydrogen-bond acceptors (Lipinski definition) is 2. The molecule has 0 aliphatic rings. The summed E-state index contributed by atoms with van der Waals surface area (Å²) < 4.78 is 0. The zero-order valence-corrected chi connectivity index (χ0v) is 10.3. The summed E-state index contributed by atoms with van der Waals surface area (Å²) in [7, 11) is 0. The van der Waals surface area contributed by atoms with Gasteiger partial charge in [-0.3, -0.25) is 0 Å². The first-order valence-electron chi connectivity index (χ1n) is 6.29. The lowest BCUT2D eigenvalue weighted by Gasteiger charge is -2.06. The summed E-state index contributed by atoms with van der Waals surface area (Å²) in [5.41, 5.74) is 0. The molecule has 0 fully saturated rings. The first-order chi connectivity index (χ1) is 7.16. The van der Waals surface area contributed by atoms with E-state index in [0.29, 0.717) is 0 Å². The molecule has 2 heteroatoms. The predicted molar refractivity (Wildman–Crippen MR) is 64.5 cm³/mol. The Kier molecular flexibility index (Phi) is 10.4. The highest BCUT2D eigenvalue weighted by Crippen LogP contribution is 2.12. The Hall–Kier alpha value is -0.0800. The topological polar surface area (TPSA) is 40.5 Å². The summed E-state index contributed by atoms with van der Waals surface area (Å²) in [5.74, 6) is 0.832. The van der Waals surface area contributed by atoms with Crippen molar-refractivity contribution in [3.63, 3.8) is 0 Å². The highest BCUT2D eigenvalue weighted by atomic mass is 16.3. The van der Waals surface area contributed by atoms with Gasteiger partial charge in [-0.2, -0.15) is 0 Å². The number of unbranched alkanes of at least 4 members (excludes halogenated alkanes) is 5. The second-order valence-electron chi connectivity index (χ2n) is 4.72. The van der Waals surface area contributed by atoms with Gasteiger partial charge < -0.3 is 10.2 Å². The van der Waals surface area contributed by atoms with Gasteiger partial charge in [0.15, 0.2) is 0 Å². The smallest absolute Gasteiger partial charge is 0.0802 e. The highest BCUT2D eigenvalue weighted by molar-refractivity contribution is 4.73. The molecule has 2 N–H and O–H groups in total. The summed E-state index contributed by atoms with van der Waals surface area (Å²) in [6.07, 6.45) is 9.81. The number of hydrogen-bond donors (Lipinski definition) is 2.